The number of para-hydroxylation sites is 2. The number of ether oxygens (including phenoxy) is 1. The number of rotatable bonds is 8. The van der Waals surface area contributed by atoms with Gasteiger partial charge in [0.15, 0.2) is 0 Å². The van der Waals surface area contributed by atoms with Crippen molar-refractivity contribution in [3.05, 3.63) is 78.1 Å². The van der Waals surface area contributed by atoms with Crippen LogP contribution >= 0.6 is 0 Å². The maximum absolute atomic E-state index is 13.9. The summed E-state index contributed by atoms with van der Waals surface area (Å²) in [7, 11) is -2.88. The Morgan fingerprint density at radius 3 is 2.63 bits per heavy atom. The van der Waals surface area contributed by atoms with Crippen molar-refractivity contribution < 1.29 is 22.7 Å². The van der Waals surface area contributed by atoms with E-state index in [1.165, 1.54) is 13.2 Å². The highest BCUT2D eigenvalue weighted by Crippen LogP contribution is 2.39. The maximum atomic E-state index is 13.9. The molecule has 1 atom stereocenters. The number of nitrogens with one attached hydrogen (secondary N) is 2. The molecule has 35 heavy (non-hydrogen) atoms. The van der Waals surface area contributed by atoms with Crippen LogP contribution in [0.25, 0.3) is 0 Å². The van der Waals surface area contributed by atoms with Gasteiger partial charge in [0.1, 0.15) is 16.7 Å². The molecule has 9 nitrogen and oxygen atoms in total. The van der Waals surface area contributed by atoms with E-state index >= 15 is 0 Å². The zero-order valence-corrected chi connectivity index (χ0v) is 20.2. The maximum Gasteiger partial charge on any atom is 0.268 e. The van der Waals surface area contributed by atoms with Gasteiger partial charge >= 0.3 is 0 Å². The Kier molecular flexibility index (Phi) is 7.02. The quantitative estimate of drug-likeness (QED) is 0.497. The monoisotopic (exact) mass is 494 g/mol. The number of aryl methyl sites for hydroxylation is 1. The van der Waals surface area contributed by atoms with Crippen LogP contribution in [-0.4, -0.2) is 44.9 Å². The van der Waals surface area contributed by atoms with E-state index in [0.29, 0.717) is 18.7 Å². The number of pyridine rings is 1. The van der Waals surface area contributed by atoms with Crippen molar-refractivity contribution in [2.24, 2.45) is 0 Å². The van der Waals surface area contributed by atoms with Crippen molar-refractivity contribution in [2.75, 3.05) is 23.3 Å². The number of hydrogen-bond donors (Lipinski definition) is 2. The third-order valence-electron chi connectivity index (χ3n) is 5.71. The van der Waals surface area contributed by atoms with Gasteiger partial charge in [0, 0.05) is 18.9 Å². The van der Waals surface area contributed by atoms with Crippen LogP contribution in [-0.2, 0) is 26.0 Å². The average Bonchev–Trinajstić information content (AvgIpc) is 2.84. The molecule has 2 aromatic carbocycles. The fourth-order valence-corrected chi connectivity index (χ4v) is 5.74. The Morgan fingerprint density at radius 1 is 1.14 bits per heavy atom. The van der Waals surface area contributed by atoms with Gasteiger partial charge in [-0.1, -0.05) is 18.2 Å². The van der Waals surface area contributed by atoms with Gasteiger partial charge in [0.2, 0.25) is 11.8 Å². The standard InChI is InChI=1S/C25H26N4O5S/c1-17-7-8-23(22(15-17)34-2)35(32,33)29-20-6-4-3-5-19(20)28-25(31)21(29)16-24(30)27-14-11-18-9-12-26-13-10-18/h3-10,12-13,15,21H,11,14,16H2,1-2H3,(H,27,30)(H,28,31)/t21-/m1/s1. The lowest BCUT2D eigenvalue weighted by atomic mass is 10.1. The van der Waals surface area contributed by atoms with E-state index in [9.17, 15) is 18.0 Å². The lowest BCUT2D eigenvalue weighted by Gasteiger charge is -2.37. The van der Waals surface area contributed by atoms with E-state index < -0.39 is 27.9 Å². The highest BCUT2D eigenvalue weighted by atomic mass is 32.2. The van der Waals surface area contributed by atoms with Gasteiger partial charge in [-0.2, -0.15) is 0 Å². The fourth-order valence-electron chi connectivity index (χ4n) is 3.97. The zero-order valence-electron chi connectivity index (χ0n) is 19.4. The third kappa shape index (κ3) is 5.12. The third-order valence-corrected chi connectivity index (χ3v) is 7.57. The first kappa shape index (κ1) is 24.2. The molecule has 1 aromatic heterocycles. The van der Waals surface area contributed by atoms with Crippen LogP contribution in [0.5, 0.6) is 5.75 Å². The summed E-state index contributed by atoms with van der Waals surface area (Å²) in [5, 5.41) is 5.50. The summed E-state index contributed by atoms with van der Waals surface area (Å²) in [4.78, 5) is 29.7. The molecule has 0 spiro atoms. The summed E-state index contributed by atoms with van der Waals surface area (Å²) in [6.07, 6.45) is 3.58. The molecule has 1 aliphatic heterocycles. The number of benzene rings is 2. The number of amides is 2. The van der Waals surface area contributed by atoms with Crippen LogP contribution in [0.15, 0.2) is 71.9 Å². The molecule has 4 rings (SSSR count). The second kappa shape index (κ2) is 10.1. The molecule has 0 saturated heterocycles. The molecule has 1 aliphatic rings. The van der Waals surface area contributed by atoms with E-state index in [1.54, 1.807) is 48.8 Å². The molecule has 2 amide bonds. The summed E-state index contributed by atoms with van der Waals surface area (Å²) in [5.74, 6) is -0.855. The van der Waals surface area contributed by atoms with E-state index in [0.717, 1.165) is 15.4 Å². The molecule has 3 aromatic rings. The van der Waals surface area contributed by atoms with Gasteiger partial charge in [-0.3, -0.25) is 18.9 Å². The SMILES string of the molecule is COc1cc(C)ccc1S(=O)(=O)N1c2ccccc2NC(=O)[C@H]1CC(=O)NCCc1ccncc1. The van der Waals surface area contributed by atoms with Gasteiger partial charge in [-0.05, 0) is 60.9 Å². The molecule has 0 radical (unpaired) electrons. The first-order valence-corrected chi connectivity index (χ1v) is 12.5. The Hall–Kier alpha value is -3.92. The number of carbonyl (C=O) groups is 2. The zero-order chi connectivity index (χ0) is 25.0. The molecule has 0 fully saturated rings. The van der Waals surface area contributed by atoms with E-state index in [-0.39, 0.29) is 22.8 Å². The summed E-state index contributed by atoms with van der Waals surface area (Å²) >= 11 is 0. The minimum absolute atomic E-state index is 0.0850. The highest BCUT2D eigenvalue weighted by Gasteiger charge is 2.42. The van der Waals surface area contributed by atoms with Crippen LogP contribution in [0.3, 0.4) is 0 Å². The normalized spacial score (nSPS) is 15.2. The number of hydrogen-bond acceptors (Lipinski definition) is 6. The Bertz CT molecular complexity index is 1340. The first-order valence-electron chi connectivity index (χ1n) is 11.1. The van der Waals surface area contributed by atoms with Crippen LogP contribution < -0.4 is 19.7 Å². The number of methoxy groups -OCH3 is 1. The number of aromatic nitrogens is 1. The molecule has 10 heteroatoms. The van der Waals surface area contributed by atoms with Crippen molar-refractivity contribution in [1.82, 2.24) is 10.3 Å². The molecule has 182 valence electrons. The Morgan fingerprint density at radius 2 is 1.89 bits per heavy atom. The fraction of sp³-hybridized carbons (Fsp3) is 0.240. The smallest absolute Gasteiger partial charge is 0.268 e. The largest absolute Gasteiger partial charge is 0.495 e. The summed E-state index contributed by atoms with van der Waals surface area (Å²) in [6, 6.07) is 13.7. The number of anilines is 2. The molecular weight excluding hydrogens is 468 g/mol. The molecule has 0 aliphatic carbocycles. The van der Waals surface area contributed by atoms with Crippen LogP contribution in [0.1, 0.15) is 17.5 Å². The van der Waals surface area contributed by atoms with Crippen molar-refractivity contribution >= 4 is 33.2 Å². The predicted molar refractivity (Wildman–Crippen MR) is 132 cm³/mol. The molecule has 0 unspecified atom stereocenters. The number of sulfonamides is 1. The Balaban J connectivity index is 1.64. The van der Waals surface area contributed by atoms with Crippen molar-refractivity contribution in [3.63, 3.8) is 0 Å². The number of carbonyl (C=O) groups excluding carboxylic acids is 2. The van der Waals surface area contributed by atoms with E-state index in [1.807, 2.05) is 19.1 Å². The van der Waals surface area contributed by atoms with E-state index in [4.69, 9.17) is 4.74 Å². The summed E-state index contributed by atoms with van der Waals surface area (Å²) in [5.41, 5.74) is 2.45. The highest BCUT2D eigenvalue weighted by molar-refractivity contribution is 7.93. The molecule has 2 heterocycles. The van der Waals surface area contributed by atoms with Crippen LogP contribution in [0, 0.1) is 6.92 Å². The van der Waals surface area contributed by atoms with Crippen LogP contribution in [0.2, 0.25) is 0 Å². The predicted octanol–water partition coefficient (Wildman–Crippen LogP) is 2.66. The van der Waals surface area contributed by atoms with E-state index in [2.05, 4.69) is 15.6 Å². The van der Waals surface area contributed by atoms with Crippen molar-refractivity contribution in [1.29, 1.82) is 0 Å². The number of nitrogens with zero attached hydrogens (tertiary/aromatic N) is 2. The topological polar surface area (TPSA) is 118 Å². The van der Waals surface area contributed by atoms with Gasteiger partial charge in [0.05, 0.1) is 24.9 Å². The van der Waals surface area contributed by atoms with Crippen molar-refractivity contribution in [3.8, 4) is 5.75 Å². The Labute approximate surface area is 204 Å². The van der Waals surface area contributed by atoms with Gasteiger partial charge in [-0.25, -0.2) is 8.42 Å². The molecule has 2 N–H and O–H groups in total. The van der Waals surface area contributed by atoms with Crippen molar-refractivity contribution in [2.45, 2.75) is 30.7 Å². The molecule has 0 bridgehead atoms. The minimum Gasteiger partial charge on any atom is -0.495 e. The lowest BCUT2D eigenvalue weighted by molar-refractivity contribution is -0.125. The number of fused-ring (bicyclic) bond motifs is 1. The average molecular weight is 495 g/mol. The van der Waals surface area contributed by atoms with Gasteiger partial charge in [-0.15, -0.1) is 0 Å². The van der Waals surface area contributed by atoms with Crippen LogP contribution in [0.4, 0.5) is 11.4 Å². The molecular formula is C25H26N4O5S. The first-order chi connectivity index (χ1) is 16.8. The van der Waals surface area contributed by atoms with Gasteiger partial charge < -0.3 is 15.4 Å². The second-order valence-electron chi connectivity index (χ2n) is 8.14. The van der Waals surface area contributed by atoms with Gasteiger partial charge in [0.25, 0.3) is 10.0 Å². The summed E-state index contributed by atoms with van der Waals surface area (Å²) in [6.45, 7) is 2.16. The molecule has 0 saturated carbocycles. The lowest BCUT2D eigenvalue weighted by Crippen LogP contribution is -2.52. The second-order valence-corrected chi connectivity index (χ2v) is 9.92. The summed E-state index contributed by atoms with van der Waals surface area (Å²) < 4.78 is 34.2. The minimum atomic E-state index is -4.27.